The van der Waals surface area contributed by atoms with E-state index in [2.05, 4.69) is 29.3 Å². The van der Waals surface area contributed by atoms with Gasteiger partial charge < -0.3 is 10.2 Å². The second-order valence-corrected chi connectivity index (χ2v) is 4.39. The van der Waals surface area contributed by atoms with Crippen LogP contribution in [0.1, 0.15) is 18.5 Å². The van der Waals surface area contributed by atoms with Crippen molar-refractivity contribution in [3.8, 4) is 0 Å². The van der Waals surface area contributed by atoms with Gasteiger partial charge in [-0.3, -0.25) is 0 Å². The van der Waals surface area contributed by atoms with Crippen molar-refractivity contribution < 1.29 is 0 Å². The molecule has 2 rings (SSSR count). The van der Waals surface area contributed by atoms with Gasteiger partial charge >= 0.3 is 0 Å². The lowest BCUT2D eigenvalue weighted by molar-refractivity contribution is 0.210. The zero-order valence-corrected chi connectivity index (χ0v) is 9.80. The third-order valence-corrected chi connectivity index (χ3v) is 3.19. The molecule has 1 saturated heterocycles. The van der Waals surface area contributed by atoms with E-state index in [0.29, 0.717) is 6.04 Å². The van der Waals surface area contributed by atoms with E-state index in [1.54, 1.807) is 0 Å². The Kier molecular flexibility index (Phi) is 3.62. The van der Waals surface area contributed by atoms with Crippen molar-refractivity contribution in [2.75, 3.05) is 26.2 Å². The number of nitrogens with zero attached hydrogens (tertiary/aromatic N) is 1. The first-order valence-electron chi connectivity index (χ1n) is 5.51. The van der Waals surface area contributed by atoms with Crippen molar-refractivity contribution in [2.45, 2.75) is 13.0 Å². The quantitative estimate of drug-likeness (QED) is 0.830. The molecular formula is C12H17ClN2. The second-order valence-electron chi connectivity index (χ2n) is 3.95. The van der Waals surface area contributed by atoms with Gasteiger partial charge in [0.05, 0.1) is 0 Å². The van der Waals surface area contributed by atoms with E-state index in [1.807, 2.05) is 12.1 Å². The second kappa shape index (κ2) is 4.97. The lowest BCUT2D eigenvalue weighted by Gasteiger charge is -2.33. The molecule has 2 nitrogen and oxygen atoms in total. The first-order chi connectivity index (χ1) is 7.29. The van der Waals surface area contributed by atoms with Crippen LogP contribution in [-0.4, -0.2) is 31.1 Å². The predicted molar refractivity (Wildman–Crippen MR) is 64.3 cm³/mol. The molecule has 1 aromatic rings. The van der Waals surface area contributed by atoms with Gasteiger partial charge in [-0.2, -0.15) is 0 Å². The maximum Gasteiger partial charge on any atom is 0.0450 e. The Morgan fingerprint density at radius 2 is 2.40 bits per heavy atom. The van der Waals surface area contributed by atoms with Crippen molar-refractivity contribution in [1.29, 1.82) is 0 Å². The van der Waals surface area contributed by atoms with Gasteiger partial charge in [0.25, 0.3) is 0 Å². The van der Waals surface area contributed by atoms with E-state index in [4.69, 9.17) is 11.6 Å². The highest BCUT2D eigenvalue weighted by molar-refractivity contribution is 6.30. The lowest BCUT2D eigenvalue weighted by atomic mass is 10.0. The van der Waals surface area contributed by atoms with Crippen molar-refractivity contribution in [1.82, 2.24) is 10.2 Å². The summed E-state index contributed by atoms with van der Waals surface area (Å²) in [6.07, 6.45) is 0. The Morgan fingerprint density at radius 3 is 3.13 bits per heavy atom. The first kappa shape index (κ1) is 10.9. The van der Waals surface area contributed by atoms with E-state index in [-0.39, 0.29) is 0 Å². The normalized spacial score (nSPS) is 22.9. The molecule has 1 aliphatic rings. The Hall–Kier alpha value is -0.570. The highest BCUT2D eigenvalue weighted by atomic mass is 35.5. The van der Waals surface area contributed by atoms with Crippen LogP contribution < -0.4 is 5.32 Å². The van der Waals surface area contributed by atoms with Crippen LogP contribution in [0.2, 0.25) is 5.02 Å². The molecular weight excluding hydrogens is 208 g/mol. The number of rotatable bonds is 2. The van der Waals surface area contributed by atoms with E-state index >= 15 is 0 Å². The lowest BCUT2D eigenvalue weighted by Crippen LogP contribution is -2.45. The molecule has 15 heavy (non-hydrogen) atoms. The summed E-state index contributed by atoms with van der Waals surface area (Å²) in [5.74, 6) is 0. The molecule has 1 N–H and O–H groups in total. The van der Waals surface area contributed by atoms with Crippen LogP contribution in [-0.2, 0) is 0 Å². The number of hydrogen-bond acceptors (Lipinski definition) is 2. The number of benzene rings is 1. The summed E-state index contributed by atoms with van der Waals surface area (Å²) in [5, 5.41) is 4.35. The molecule has 1 aliphatic heterocycles. The van der Waals surface area contributed by atoms with E-state index in [0.717, 1.165) is 31.2 Å². The summed E-state index contributed by atoms with van der Waals surface area (Å²) < 4.78 is 0. The smallest absolute Gasteiger partial charge is 0.0450 e. The van der Waals surface area contributed by atoms with Gasteiger partial charge in [-0.05, 0) is 24.2 Å². The van der Waals surface area contributed by atoms with E-state index in [9.17, 15) is 0 Å². The zero-order chi connectivity index (χ0) is 10.7. The topological polar surface area (TPSA) is 15.3 Å². The monoisotopic (exact) mass is 224 g/mol. The van der Waals surface area contributed by atoms with Gasteiger partial charge in [-0.15, -0.1) is 0 Å². The third-order valence-electron chi connectivity index (χ3n) is 2.96. The predicted octanol–water partition coefficient (Wildman–Crippen LogP) is 2.31. The summed E-state index contributed by atoms with van der Waals surface area (Å²) in [6.45, 7) is 6.62. The van der Waals surface area contributed by atoms with Crippen molar-refractivity contribution >= 4 is 11.6 Å². The SMILES string of the molecule is CCN1CCN[C@H](c2cccc(Cl)c2)C1. The van der Waals surface area contributed by atoms with Crippen LogP contribution in [0.5, 0.6) is 0 Å². The fourth-order valence-electron chi connectivity index (χ4n) is 2.04. The minimum atomic E-state index is 0.428. The van der Waals surface area contributed by atoms with Crippen LogP contribution in [0.4, 0.5) is 0 Å². The molecule has 1 atom stereocenters. The molecule has 0 spiro atoms. The van der Waals surface area contributed by atoms with Crippen molar-refractivity contribution in [2.24, 2.45) is 0 Å². The van der Waals surface area contributed by atoms with Crippen molar-refractivity contribution in [3.63, 3.8) is 0 Å². The number of likely N-dealkylation sites (N-methyl/N-ethyl adjacent to an activating group) is 1. The van der Waals surface area contributed by atoms with Gasteiger partial charge in [0.15, 0.2) is 0 Å². The Balaban J connectivity index is 2.09. The summed E-state index contributed by atoms with van der Waals surface area (Å²) in [4.78, 5) is 2.46. The Morgan fingerprint density at radius 1 is 1.53 bits per heavy atom. The number of halogens is 1. The Bertz CT molecular complexity index is 327. The number of hydrogen-bond donors (Lipinski definition) is 1. The maximum absolute atomic E-state index is 5.99. The first-order valence-corrected chi connectivity index (χ1v) is 5.88. The molecule has 0 unspecified atom stereocenters. The Labute approximate surface area is 96.2 Å². The summed E-state index contributed by atoms with van der Waals surface area (Å²) in [7, 11) is 0. The van der Waals surface area contributed by atoms with Gasteiger partial charge in [0.2, 0.25) is 0 Å². The van der Waals surface area contributed by atoms with Crippen LogP contribution in [0.3, 0.4) is 0 Å². The third kappa shape index (κ3) is 2.71. The van der Waals surface area contributed by atoms with E-state index in [1.165, 1.54) is 5.56 Å². The molecule has 0 saturated carbocycles. The molecule has 0 aliphatic carbocycles. The highest BCUT2D eigenvalue weighted by Crippen LogP contribution is 2.20. The molecule has 0 amide bonds. The summed E-state index contributed by atoms with van der Waals surface area (Å²) in [6, 6.07) is 8.56. The maximum atomic E-state index is 5.99. The van der Waals surface area contributed by atoms with Crippen LogP contribution >= 0.6 is 11.6 Å². The van der Waals surface area contributed by atoms with Crippen molar-refractivity contribution in [3.05, 3.63) is 34.9 Å². The largest absolute Gasteiger partial charge is 0.308 e. The average Bonchev–Trinajstić information content (AvgIpc) is 2.29. The fraction of sp³-hybridized carbons (Fsp3) is 0.500. The summed E-state index contributed by atoms with van der Waals surface area (Å²) in [5.41, 5.74) is 1.29. The van der Waals surface area contributed by atoms with Gasteiger partial charge in [-0.1, -0.05) is 30.7 Å². The van der Waals surface area contributed by atoms with Crippen LogP contribution in [0.25, 0.3) is 0 Å². The van der Waals surface area contributed by atoms with Gasteiger partial charge in [-0.25, -0.2) is 0 Å². The molecule has 3 heteroatoms. The average molecular weight is 225 g/mol. The van der Waals surface area contributed by atoms with Gasteiger partial charge in [0.1, 0.15) is 0 Å². The molecule has 0 radical (unpaired) electrons. The molecule has 0 bridgehead atoms. The van der Waals surface area contributed by atoms with Gasteiger partial charge in [0, 0.05) is 30.7 Å². The van der Waals surface area contributed by atoms with Crippen LogP contribution in [0.15, 0.2) is 24.3 Å². The standard InChI is InChI=1S/C12H17ClN2/c1-2-15-7-6-14-12(9-15)10-4-3-5-11(13)8-10/h3-5,8,12,14H,2,6-7,9H2,1H3/t12-/m0/s1. The summed E-state index contributed by atoms with van der Waals surface area (Å²) >= 11 is 5.99. The molecule has 1 heterocycles. The fourth-order valence-corrected chi connectivity index (χ4v) is 2.24. The zero-order valence-electron chi connectivity index (χ0n) is 9.04. The van der Waals surface area contributed by atoms with Crippen LogP contribution in [0, 0.1) is 0 Å². The van der Waals surface area contributed by atoms with E-state index < -0.39 is 0 Å². The minimum absolute atomic E-state index is 0.428. The highest BCUT2D eigenvalue weighted by Gasteiger charge is 2.19. The molecule has 82 valence electrons. The number of piperazine rings is 1. The molecule has 1 fully saturated rings. The number of nitrogens with one attached hydrogen (secondary N) is 1. The molecule has 1 aromatic carbocycles. The minimum Gasteiger partial charge on any atom is -0.308 e. The molecule has 0 aromatic heterocycles.